The third-order valence-corrected chi connectivity index (χ3v) is 12.1. The quantitative estimate of drug-likeness (QED) is 0.188. The van der Waals surface area contributed by atoms with Crippen molar-refractivity contribution < 1.29 is 18.8 Å². The summed E-state index contributed by atoms with van der Waals surface area (Å²) in [4.78, 5) is 29.4. The molecule has 0 radical (unpaired) electrons. The molecule has 0 spiro atoms. The van der Waals surface area contributed by atoms with E-state index in [0.717, 1.165) is 54.5 Å². The van der Waals surface area contributed by atoms with E-state index in [-0.39, 0.29) is 22.7 Å². The number of Topliss-reactive ketones (excluding diaryl/α,β-unsaturated/α-hetero) is 1. The molecule has 2 atom stereocenters. The van der Waals surface area contributed by atoms with Crippen LogP contribution in [0.5, 0.6) is 5.75 Å². The van der Waals surface area contributed by atoms with Crippen molar-refractivity contribution in [2.24, 2.45) is 5.92 Å². The molecule has 2 aromatic rings. The predicted molar refractivity (Wildman–Crippen MR) is 154 cm³/mol. The van der Waals surface area contributed by atoms with E-state index in [1.54, 1.807) is 14.0 Å². The van der Waals surface area contributed by atoms with Crippen LogP contribution < -0.4 is 4.74 Å². The molecule has 5 nitrogen and oxygen atoms in total. The zero-order valence-electron chi connectivity index (χ0n) is 24.4. The molecule has 0 saturated carbocycles. The van der Waals surface area contributed by atoms with Crippen LogP contribution in [0, 0.1) is 5.92 Å². The second kappa shape index (κ2) is 13.5. The number of ether oxygens (including phenoxy) is 1. The Balaban J connectivity index is 2.50. The normalized spacial score (nSPS) is 13.8. The molecule has 6 heteroatoms. The Morgan fingerprint density at radius 2 is 1.86 bits per heavy atom. The third kappa shape index (κ3) is 8.61. The lowest BCUT2D eigenvalue weighted by Crippen LogP contribution is -2.41. The van der Waals surface area contributed by atoms with Gasteiger partial charge in [0, 0.05) is 30.2 Å². The number of aldehydes is 1. The lowest BCUT2D eigenvalue weighted by Gasteiger charge is -2.37. The topological polar surface area (TPSA) is 65.5 Å². The molecule has 0 saturated heterocycles. The third-order valence-electron chi connectivity index (χ3n) is 7.58. The number of rotatable bonds is 14. The number of hydrogen-bond donors (Lipinski definition) is 0. The van der Waals surface area contributed by atoms with Gasteiger partial charge >= 0.3 is 0 Å². The molecule has 0 aliphatic carbocycles. The lowest BCUT2D eigenvalue weighted by atomic mass is 9.83. The summed E-state index contributed by atoms with van der Waals surface area (Å²) in [6.45, 7) is 17.9. The molecule has 0 unspecified atom stereocenters. The van der Waals surface area contributed by atoms with Gasteiger partial charge in [0.2, 0.25) is 0 Å². The van der Waals surface area contributed by atoms with Crippen molar-refractivity contribution >= 4 is 20.4 Å². The molecule has 204 valence electrons. The first-order valence-electron chi connectivity index (χ1n) is 13.6. The predicted octanol–water partition coefficient (Wildman–Crippen LogP) is 7.56. The van der Waals surface area contributed by atoms with Gasteiger partial charge in [0.1, 0.15) is 11.5 Å². The van der Waals surface area contributed by atoms with E-state index in [4.69, 9.17) is 14.1 Å². The number of aromatic nitrogens is 1. The molecule has 0 aliphatic heterocycles. The van der Waals surface area contributed by atoms with Crippen molar-refractivity contribution in [1.29, 1.82) is 0 Å². The van der Waals surface area contributed by atoms with Gasteiger partial charge in [-0.05, 0) is 85.6 Å². The average molecular weight is 526 g/mol. The van der Waals surface area contributed by atoms with Crippen LogP contribution in [0.15, 0.2) is 30.3 Å². The highest BCUT2D eigenvalue weighted by Gasteiger charge is 2.37. The van der Waals surface area contributed by atoms with E-state index in [2.05, 4.69) is 53.8 Å². The fraction of sp³-hybridized carbons (Fsp3) is 0.581. The molecule has 0 N–H and O–H groups in total. The number of hydrogen-bond acceptors (Lipinski definition) is 5. The van der Waals surface area contributed by atoms with Crippen LogP contribution in [0.3, 0.4) is 0 Å². The lowest BCUT2D eigenvalue weighted by molar-refractivity contribution is -0.117. The van der Waals surface area contributed by atoms with Crippen LogP contribution in [0.4, 0.5) is 0 Å². The molecule has 37 heavy (non-hydrogen) atoms. The summed E-state index contributed by atoms with van der Waals surface area (Å²) < 4.78 is 12.1. The molecule has 1 aromatic heterocycles. The maximum atomic E-state index is 12.5. The molecule has 1 heterocycles. The van der Waals surface area contributed by atoms with Crippen molar-refractivity contribution in [2.75, 3.05) is 13.7 Å². The van der Waals surface area contributed by atoms with Gasteiger partial charge in [-0.3, -0.25) is 14.6 Å². The average Bonchev–Trinajstić information content (AvgIpc) is 2.84. The second-order valence-corrected chi connectivity index (χ2v) is 16.7. The van der Waals surface area contributed by atoms with Gasteiger partial charge in [0.05, 0.1) is 12.8 Å². The monoisotopic (exact) mass is 525 g/mol. The summed E-state index contributed by atoms with van der Waals surface area (Å²) in [7, 11) is -0.195. The van der Waals surface area contributed by atoms with E-state index in [1.165, 1.54) is 0 Å². The number of ketones is 1. The molecule has 0 fully saturated rings. The Bertz CT molecular complexity index is 1060. The second-order valence-electron chi connectivity index (χ2n) is 11.9. The standard InChI is InChI=1S/C31H47NO4Si/c1-10-11-12-26-14-13-24(20-33)30(32-26)29(18-23(3)34)28-16-15-27(35-7)19-25(28)17-22(2)21-36-37(8,9)31(4,5)6/h13-16,19-20,22,29H,10-12,17-18,21H2,1-9H3/t22-,29+/m0/s1. The zero-order chi connectivity index (χ0) is 27.8. The zero-order valence-corrected chi connectivity index (χ0v) is 25.4. The van der Waals surface area contributed by atoms with E-state index in [1.807, 2.05) is 24.3 Å². The summed E-state index contributed by atoms with van der Waals surface area (Å²) in [5, 5.41) is 0.153. The Hall–Kier alpha value is -2.31. The minimum Gasteiger partial charge on any atom is -0.497 e. The van der Waals surface area contributed by atoms with Crippen molar-refractivity contribution in [3.8, 4) is 5.75 Å². The first-order valence-corrected chi connectivity index (χ1v) is 16.5. The smallest absolute Gasteiger partial charge is 0.191 e. The fourth-order valence-corrected chi connectivity index (χ4v) is 5.41. The highest BCUT2D eigenvalue weighted by Crippen LogP contribution is 2.38. The Kier molecular flexibility index (Phi) is 11.3. The number of carbonyl (C=O) groups excluding carboxylic acids is 2. The summed E-state index contributed by atoms with van der Waals surface area (Å²) in [5.74, 6) is 0.817. The molecular formula is C31H47NO4Si. The van der Waals surface area contributed by atoms with Crippen molar-refractivity contribution in [1.82, 2.24) is 4.98 Å². The minimum atomic E-state index is -1.86. The SMILES string of the molecule is CCCCc1ccc(C=O)c([C@H](CC(C)=O)c2ccc(OC)cc2C[C@H](C)CO[Si](C)(C)C(C)(C)C)n1. The van der Waals surface area contributed by atoms with E-state index < -0.39 is 8.32 Å². The van der Waals surface area contributed by atoms with Crippen LogP contribution in [-0.4, -0.2) is 39.1 Å². The van der Waals surface area contributed by atoms with E-state index in [0.29, 0.717) is 24.3 Å². The number of nitrogens with zero attached hydrogens (tertiary/aromatic N) is 1. The molecule has 0 amide bonds. The summed E-state index contributed by atoms with van der Waals surface area (Å²) >= 11 is 0. The van der Waals surface area contributed by atoms with Crippen molar-refractivity contribution in [3.63, 3.8) is 0 Å². The first kappa shape index (κ1) is 30.9. The number of methoxy groups -OCH3 is 1. The van der Waals surface area contributed by atoms with Gasteiger partial charge in [0.25, 0.3) is 0 Å². The molecular weight excluding hydrogens is 478 g/mol. The first-order chi connectivity index (χ1) is 17.3. The summed E-state index contributed by atoms with van der Waals surface area (Å²) in [6.07, 6.45) is 4.88. The maximum absolute atomic E-state index is 12.5. The largest absolute Gasteiger partial charge is 0.497 e. The molecule has 1 aromatic carbocycles. The van der Waals surface area contributed by atoms with Crippen LogP contribution in [0.25, 0.3) is 0 Å². The van der Waals surface area contributed by atoms with Crippen LogP contribution in [-0.2, 0) is 22.1 Å². The Labute approximate surface area is 225 Å². The molecule has 0 aliphatic rings. The van der Waals surface area contributed by atoms with Crippen molar-refractivity contribution in [3.05, 3.63) is 58.4 Å². The van der Waals surface area contributed by atoms with Gasteiger partial charge in [-0.25, -0.2) is 0 Å². The number of aryl methyl sites for hydroxylation is 1. The summed E-state index contributed by atoms with van der Waals surface area (Å²) in [5.41, 5.74) is 4.33. The van der Waals surface area contributed by atoms with Crippen LogP contribution in [0.2, 0.25) is 18.1 Å². The van der Waals surface area contributed by atoms with Gasteiger partial charge in [0.15, 0.2) is 14.6 Å². The fourth-order valence-electron chi connectivity index (χ4n) is 4.27. The number of pyridine rings is 1. The van der Waals surface area contributed by atoms with Gasteiger partial charge in [-0.1, -0.05) is 47.1 Å². The van der Waals surface area contributed by atoms with Gasteiger partial charge in [-0.2, -0.15) is 0 Å². The summed E-state index contributed by atoms with van der Waals surface area (Å²) in [6, 6.07) is 9.82. The number of benzene rings is 1. The number of unbranched alkanes of at least 4 members (excludes halogenated alkanes) is 1. The minimum absolute atomic E-state index is 0.0682. The maximum Gasteiger partial charge on any atom is 0.191 e. The number of carbonyl (C=O) groups is 2. The molecule has 0 bridgehead atoms. The van der Waals surface area contributed by atoms with Crippen LogP contribution in [0.1, 0.15) is 99.6 Å². The van der Waals surface area contributed by atoms with Gasteiger partial charge in [-0.15, -0.1) is 0 Å². The van der Waals surface area contributed by atoms with Crippen LogP contribution >= 0.6 is 0 Å². The Morgan fingerprint density at radius 1 is 1.16 bits per heavy atom. The molecule has 2 rings (SSSR count). The van der Waals surface area contributed by atoms with Gasteiger partial charge < -0.3 is 9.16 Å². The van der Waals surface area contributed by atoms with E-state index >= 15 is 0 Å². The van der Waals surface area contributed by atoms with E-state index in [9.17, 15) is 9.59 Å². The highest BCUT2D eigenvalue weighted by atomic mass is 28.4. The van der Waals surface area contributed by atoms with Crippen molar-refractivity contribution in [2.45, 2.75) is 97.7 Å². The highest BCUT2D eigenvalue weighted by molar-refractivity contribution is 6.74. The Morgan fingerprint density at radius 3 is 2.43 bits per heavy atom.